The molecule has 0 aromatic heterocycles. The second-order valence-electron chi connectivity index (χ2n) is 16.2. The predicted octanol–water partition coefficient (Wildman–Crippen LogP) is 6.79. The molecule has 6 rings (SSSR count). The van der Waals surface area contributed by atoms with E-state index in [1.165, 1.54) is 0 Å². The molecule has 0 radical (unpaired) electrons. The van der Waals surface area contributed by atoms with Crippen LogP contribution in [0, 0.1) is 56.8 Å². The molecule has 3 saturated carbocycles. The molecule has 1 heterocycles. The molecule has 5 nitrogen and oxygen atoms in total. The lowest BCUT2D eigenvalue weighted by atomic mass is 9.34. The van der Waals surface area contributed by atoms with E-state index in [-0.39, 0.29) is 62.6 Å². The second-order valence-corrected chi connectivity index (χ2v) is 16.2. The van der Waals surface area contributed by atoms with Gasteiger partial charge in [-0.2, -0.15) is 0 Å². The van der Waals surface area contributed by atoms with Gasteiger partial charge in [0.2, 0.25) is 11.6 Å². The summed E-state index contributed by atoms with van der Waals surface area (Å²) in [4.78, 5) is 46.0. The van der Waals surface area contributed by atoms with Crippen molar-refractivity contribution in [1.29, 1.82) is 0 Å². The van der Waals surface area contributed by atoms with Crippen LogP contribution < -0.4 is 0 Å². The van der Waals surface area contributed by atoms with E-state index in [1.54, 1.807) is 0 Å². The number of carbonyl (C=O) groups is 3. The summed E-state index contributed by atoms with van der Waals surface area (Å²) in [5.41, 5.74) is 0.101. The Kier molecular flexibility index (Phi) is 5.50. The van der Waals surface area contributed by atoms with Crippen LogP contribution in [0.1, 0.15) is 99.8 Å². The maximum atomic E-state index is 14.6. The van der Waals surface area contributed by atoms with Crippen LogP contribution >= 0.6 is 0 Å². The molecule has 0 bridgehead atoms. The normalized spacial score (nSPS) is 45.9. The average Bonchev–Trinajstić information content (AvgIpc) is 2.85. The van der Waals surface area contributed by atoms with E-state index in [9.17, 15) is 14.4 Å². The highest BCUT2D eigenvalue weighted by Crippen LogP contribution is 2.74. The van der Waals surface area contributed by atoms with Gasteiger partial charge >= 0.3 is 0 Å². The number of hydrogen-bond donors (Lipinski definition) is 0. The molecule has 210 valence electrons. The minimum Gasteiger partial charge on any atom is -0.342 e. The van der Waals surface area contributed by atoms with Gasteiger partial charge in [0, 0.05) is 36.3 Å². The number of ketones is 2. The molecule has 7 atom stereocenters. The Hall–Kier alpha value is -2.22. The standard InChI is InChI=1S/C34H46N2O3/c1-29(2)12-14-34(20-36-16-10-26(36)38)15-13-33(7)27(21(34)18-29)23(37)17-25-31(5)19-22(35-8)28(39)30(3,4)24(31)9-11-32(25,33)6/h17,19,21,24,27H,9-16,18,20H2,1-7H3/t21-,24-,27-,31-,32+,33+,34+/m0/s1. The van der Waals surface area contributed by atoms with Gasteiger partial charge in [0.1, 0.15) is 0 Å². The number of rotatable bonds is 2. The Morgan fingerprint density at radius 2 is 1.67 bits per heavy atom. The molecule has 1 aliphatic heterocycles. The monoisotopic (exact) mass is 530 g/mol. The van der Waals surface area contributed by atoms with Gasteiger partial charge < -0.3 is 9.69 Å². The van der Waals surface area contributed by atoms with Gasteiger partial charge in [-0.15, -0.1) is 0 Å². The molecule has 39 heavy (non-hydrogen) atoms. The maximum Gasteiger partial charge on any atom is 0.226 e. The van der Waals surface area contributed by atoms with E-state index in [0.717, 1.165) is 63.6 Å². The SMILES string of the molecule is [C-]#[N+]C1=C[C@]2(C)C3=CC(=O)[C@@H]4[C@@H]5CC(C)(C)CC[C@]5(CN5CCC5=O)CC[C@@]4(C)[C@]3(C)CC[C@H]2C(C)(C)C1=O. The van der Waals surface area contributed by atoms with Crippen LogP contribution in [0.25, 0.3) is 4.85 Å². The Morgan fingerprint density at radius 1 is 0.974 bits per heavy atom. The molecule has 0 aromatic rings. The van der Waals surface area contributed by atoms with Crippen molar-refractivity contribution in [2.45, 2.75) is 99.8 Å². The minimum absolute atomic E-state index is 0.0185. The van der Waals surface area contributed by atoms with Crippen LogP contribution in [0.3, 0.4) is 0 Å². The van der Waals surface area contributed by atoms with E-state index < -0.39 is 10.8 Å². The summed E-state index contributed by atoms with van der Waals surface area (Å²) in [7, 11) is 0. The third kappa shape index (κ3) is 3.33. The van der Waals surface area contributed by atoms with Crippen LogP contribution in [-0.4, -0.2) is 35.5 Å². The highest BCUT2D eigenvalue weighted by Gasteiger charge is 2.69. The smallest absolute Gasteiger partial charge is 0.226 e. The summed E-state index contributed by atoms with van der Waals surface area (Å²) >= 11 is 0. The minimum atomic E-state index is -0.634. The molecule has 0 aromatic carbocycles. The topological polar surface area (TPSA) is 58.8 Å². The molecule has 1 amide bonds. The zero-order valence-electron chi connectivity index (χ0n) is 25.1. The zero-order valence-corrected chi connectivity index (χ0v) is 25.1. The highest BCUT2D eigenvalue weighted by atomic mass is 16.2. The Balaban J connectivity index is 1.49. The van der Waals surface area contributed by atoms with Crippen LogP contribution in [0.2, 0.25) is 0 Å². The van der Waals surface area contributed by atoms with Crippen molar-refractivity contribution in [3.05, 3.63) is 34.8 Å². The first-order valence-corrected chi connectivity index (χ1v) is 15.2. The van der Waals surface area contributed by atoms with Crippen molar-refractivity contribution < 1.29 is 14.4 Å². The number of fused-ring (bicyclic) bond motifs is 7. The summed E-state index contributed by atoms with van der Waals surface area (Å²) in [5, 5.41) is 0. The van der Waals surface area contributed by atoms with Crippen molar-refractivity contribution in [2.75, 3.05) is 13.1 Å². The van der Waals surface area contributed by atoms with Gasteiger partial charge in [-0.3, -0.25) is 9.59 Å². The fourth-order valence-electron chi connectivity index (χ4n) is 10.9. The quantitative estimate of drug-likeness (QED) is 0.292. The Labute approximate surface area is 234 Å². The summed E-state index contributed by atoms with van der Waals surface area (Å²) < 4.78 is 0. The second kappa shape index (κ2) is 7.95. The number of amides is 1. The number of β-lactam (4-membered cyclic amide) rings is 1. The summed E-state index contributed by atoms with van der Waals surface area (Å²) in [6.07, 6.45) is 11.8. The molecule has 1 saturated heterocycles. The van der Waals surface area contributed by atoms with Gasteiger partial charge in [0.25, 0.3) is 0 Å². The van der Waals surface area contributed by atoms with E-state index in [4.69, 9.17) is 6.57 Å². The fourth-order valence-corrected chi connectivity index (χ4v) is 10.9. The van der Waals surface area contributed by atoms with Gasteiger partial charge in [-0.25, -0.2) is 4.85 Å². The molecule has 6 aliphatic rings. The summed E-state index contributed by atoms with van der Waals surface area (Å²) in [5.74, 6) is 0.750. The van der Waals surface area contributed by atoms with Gasteiger partial charge in [0.15, 0.2) is 11.6 Å². The Morgan fingerprint density at radius 3 is 2.28 bits per heavy atom. The van der Waals surface area contributed by atoms with E-state index >= 15 is 0 Å². The predicted molar refractivity (Wildman–Crippen MR) is 151 cm³/mol. The van der Waals surface area contributed by atoms with Crippen molar-refractivity contribution in [3.63, 3.8) is 0 Å². The largest absolute Gasteiger partial charge is 0.342 e. The molecular weight excluding hydrogens is 484 g/mol. The number of allylic oxidation sites excluding steroid dienone is 4. The molecule has 0 N–H and O–H groups in total. The van der Waals surface area contributed by atoms with Crippen molar-refractivity contribution in [2.24, 2.45) is 50.2 Å². The average molecular weight is 531 g/mol. The van der Waals surface area contributed by atoms with Crippen LogP contribution in [-0.2, 0) is 14.4 Å². The Bertz CT molecular complexity index is 1280. The third-order valence-corrected chi connectivity index (χ3v) is 13.5. The third-order valence-electron chi connectivity index (χ3n) is 13.5. The maximum absolute atomic E-state index is 14.6. The number of hydrogen-bond acceptors (Lipinski definition) is 3. The molecule has 0 spiro atoms. The van der Waals surface area contributed by atoms with Crippen LogP contribution in [0.15, 0.2) is 23.4 Å². The van der Waals surface area contributed by atoms with E-state index in [0.29, 0.717) is 6.42 Å². The van der Waals surface area contributed by atoms with E-state index in [1.807, 2.05) is 26.0 Å². The lowest BCUT2D eigenvalue weighted by Crippen LogP contribution is -2.66. The van der Waals surface area contributed by atoms with E-state index in [2.05, 4.69) is 44.4 Å². The first kappa shape index (κ1) is 27.0. The lowest BCUT2D eigenvalue weighted by molar-refractivity contribution is -0.178. The van der Waals surface area contributed by atoms with Crippen molar-refractivity contribution in [3.8, 4) is 0 Å². The fraction of sp³-hybridized carbons (Fsp3) is 0.765. The lowest BCUT2D eigenvalue weighted by Gasteiger charge is -2.69. The number of carbonyl (C=O) groups excluding carboxylic acids is 3. The number of Topliss-reactive ketones (excluding diaryl/α,β-unsaturated/α-hetero) is 1. The number of likely N-dealkylation sites (tertiary alicyclic amines) is 1. The summed E-state index contributed by atoms with van der Waals surface area (Å²) in [6.45, 7) is 25.2. The van der Waals surface area contributed by atoms with Gasteiger partial charge in [-0.1, -0.05) is 60.1 Å². The first-order chi connectivity index (χ1) is 18.0. The van der Waals surface area contributed by atoms with Crippen molar-refractivity contribution >= 4 is 17.5 Å². The van der Waals surface area contributed by atoms with Crippen LogP contribution in [0.4, 0.5) is 0 Å². The first-order valence-electron chi connectivity index (χ1n) is 15.2. The molecule has 0 unspecified atom stereocenters. The zero-order chi connectivity index (χ0) is 28.4. The molecular formula is C34H46N2O3. The van der Waals surface area contributed by atoms with Crippen LogP contribution in [0.5, 0.6) is 0 Å². The summed E-state index contributed by atoms with van der Waals surface area (Å²) in [6, 6.07) is 0. The highest BCUT2D eigenvalue weighted by molar-refractivity contribution is 6.03. The van der Waals surface area contributed by atoms with Gasteiger partial charge in [0.05, 0.1) is 6.57 Å². The molecule has 5 aliphatic carbocycles. The molecule has 4 fully saturated rings. The number of nitrogens with zero attached hydrogens (tertiary/aromatic N) is 2. The van der Waals surface area contributed by atoms with Gasteiger partial charge in [-0.05, 0) is 84.5 Å². The molecule has 5 heteroatoms. The van der Waals surface area contributed by atoms with Crippen molar-refractivity contribution in [1.82, 2.24) is 4.90 Å².